The third kappa shape index (κ3) is 2.63. The highest BCUT2D eigenvalue weighted by molar-refractivity contribution is 6.30. The van der Waals surface area contributed by atoms with Crippen molar-refractivity contribution in [2.45, 2.75) is 18.9 Å². The summed E-state index contributed by atoms with van der Waals surface area (Å²) in [5, 5.41) is 4.11. The first-order valence-electron chi connectivity index (χ1n) is 4.96. The number of halogens is 1. The molecule has 1 N–H and O–H groups in total. The van der Waals surface area contributed by atoms with E-state index in [1.807, 2.05) is 24.3 Å². The van der Waals surface area contributed by atoms with Crippen molar-refractivity contribution in [3.05, 3.63) is 29.3 Å². The van der Waals surface area contributed by atoms with Gasteiger partial charge in [-0.25, -0.2) is 0 Å². The standard InChI is InChI=1S/C11H14ClNO/c12-9-3-1-5-11(7-9)14-8-10-4-2-6-13-10/h1,3,5,7,10,13H,2,4,6,8H2. The minimum Gasteiger partial charge on any atom is -0.492 e. The van der Waals surface area contributed by atoms with E-state index in [1.54, 1.807) is 0 Å². The molecule has 76 valence electrons. The lowest BCUT2D eigenvalue weighted by atomic mass is 10.2. The van der Waals surface area contributed by atoms with Crippen LogP contribution in [-0.2, 0) is 0 Å². The Labute approximate surface area is 89.2 Å². The predicted molar refractivity (Wildman–Crippen MR) is 58.0 cm³/mol. The van der Waals surface area contributed by atoms with Crippen LogP contribution in [0.5, 0.6) is 5.75 Å². The Hall–Kier alpha value is -0.730. The van der Waals surface area contributed by atoms with Gasteiger partial charge >= 0.3 is 0 Å². The smallest absolute Gasteiger partial charge is 0.120 e. The van der Waals surface area contributed by atoms with Crippen molar-refractivity contribution in [1.29, 1.82) is 0 Å². The van der Waals surface area contributed by atoms with Crippen molar-refractivity contribution in [3.63, 3.8) is 0 Å². The zero-order chi connectivity index (χ0) is 9.80. The molecule has 0 aromatic heterocycles. The molecule has 1 aromatic rings. The molecule has 1 heterocycles. The van der Waals surface area contributed by atoms with E-state index in [0.717, 1.165) is 23.9 Å². The molecule has 2 rings (SSSR count). The third-order valence-electron chi connectivity index (χ3n) is 2.41. The zero-order valence-electron chi connectivity index (χ0n) is 8.00. The highest BCUT2D eigenvalue weighted by atomic mass is 35.5. The van der Waals surface area contributed by atoms with Gasteiger partial charge in [0.15, 0.2) is 0 Å². The van der Waals surface area contributed by atoms with Crippen LogP contribution in [0.25, 0.3) is 0 Å². The normalized spacial score (nSPS) is 21.1. The summed E-state index contributed by atoms with van der Waals surface area (Å²) < 4.78 is 5.62. The summed E-state index contributed by atoms with van der Waals surface area (Å²) in [6.45, 7) is 1.85. The number of nitrogens with one attached hydrogen (secondary N) is 1. The molecule has 0 bridgehead atoms. The summed E-state index contributed by atoms with van der Waals surface area (Å²) in [5.41, 5.74) is 0. The van der Waals surface area contributed by atoms with Crippen LogP contribution in [-0.4, -0.2) is 19.2 Å². The van der Waals surface area contributed by atoms with E-state index in [2.05, 4.69) is 5.32 Å². The maximum Gasteiger partial charge on any atom is 0.120 e. The van der Waals surface area contributed by atoms with Crippen LogP contribution in [0.2, 0.25) is 5.02 Å². The van der Waals surface area contributed by atoms with Gasteiger partial charge in [-0.2, -0.15) is 0 Å². The average molecular weight is 212 g/mol. The fourth-order valence-electron chi connectivity index (χ4n) is 1.65. The number of ether oxygens (including phenoxy) is 1. The van der Waals surface area contributed by atoms with Gasteiger partial charge in [0, 0.05) is 11.1 Å². The van der Waals surface area contributed by atoms with Gasteiger partial charge in [0.25, 0.3) is 0 Å². The molecule has 14 heavy (non-hydrogen) atoms. The Morgan fingerprint density at radius 3 is 3.14 bits per heavy atom. The van der Waals surface area contributed by atoms with Crippen LogP contribution in [0.1, 0.15) is 12.8 Å². The molecule has 0 amide bonds. The Morgan fingerprint density at radius 2 is 2.43 bits per heavy atom. The van der Waals surface area contributed by atoms with Crippen LogP contribution in [0.15, 0.2) is 24.3 Å². The number of benzene rings is 1. The maximum atomic E-state index is 5.84. The minimum absolute atomic E-state index is 0.508. The molecule has 1 aliphatic heterocycles. The molecule has 0 saturated carbocycles. The number of rotatable bonds is 3. The maximum absolute atomic E-state index is 5.84. The van der Waals surface area contributed by atoms with E-state index in [0.29, 0.717) is 6.04 Å². The quantitative estimate of drug-likeness (QED) is 0.830. The molecule has 1 atom stereocenters. The second-order valence-electron chi connectivity index (χ2n) is 3.56. The SMILES string of the molecule is Clc1cccc(OCC2CCCN2)c1. The van der Waals surface area contributed by atoms with E-state index in [1.165, 1.54) is 12.8 Å². The first-order chi connectivity index (χ1) is 6.84. The van der Waals surface area contributed by atoms with Gasteiger partial charge in [0.2, 0.25) is 0 Å². The van der Waals surface area contributed by atoms with E-state index < -0.39 is 0 Å². The van der Waals surface area contributed by atoms with Gasteiger partial charge in [0.1, 0.15) is 12.4 Å². The van der Waals surface area contributed by atoms with Crippen molar-refractivity contribution >= 4 is 11.6 Å². The van der Waals surface area contributed by atoms with Crippen LogP contribution in [0, 0.1) is 0 Å². The van der Waals surface area contributed by atoms with E-state index in [4.69, 9.17) is 16.3 Å². The highest BCUT2D eigenvalue weighted by Crippen LogP contribution is 2.17. The van der Waals surface area contributed by atoms with Crippen LogP contribution in [0.4, 0.5) is 0 Å². The molecule has 1 aromatic carbocycles. The van der Waals surface area contributed by atoms with Gasteiger partial charge in [-0.3, -0.25) is 0 Å². The molecular formula is C11H14ClNO. The summed E-state index contributed by atoms with van der Waals surface area (Å²) in [4.78, 5) is 0. The number of hydrogen-bond acceptors (Lipinski definition) is 2. The summed E-state index contributed by atoms with van der Waals surface area (Å²) in [6, 6.07) is 8.04. The molecule has 1 aliphatic rings. The predicted octanol–water partition coefficient (Wildman–Crippen LogP) is 2.47. The van der Waals surface area contributed by atoms with Gasteiger partial charge in [-0.15, -0.1) is 0 Å². The van der Waals surface area contributed by atoms with Crippen LogP contribution >= 0.6 is 11.6 Å². The Balaban J connectivity index is 1.85. The first-order valence-corrected chi connectivity index (χ1v) is 5.34. The zero-order valence-corrected chi connectivity index (χ0v) is 8.76. The molecular weight excluding hydrogens is 198 g/mol. The first kappa shape index (κ1) is 9.81. The van der Waals surface area contributed by atoms with Crippen LogP contribution in [0.3, 0.4) is 0 Å². The lowest BCUT2D eigenvalue weighted by molar-refractivity contribution is 0.277. The third-order valence-corrected chi connectivity index (χ3v) is 2.64. The molecule has 1 saturated heterocycles. The average Bonchev–Trinajstić information content (AvgIpc) is 2.67. The van der Waals surface area contributed by atoms with Crippen LogP contribution < -0.4 is 10.1 Å². The fraction of sp³-hybridized carbons (Fsp3) is 0.455. The Kier molecular flexibility index (Phi) is 3.27. The summed E-state index contributed by atoms with van der Waals surface area (Å²) in [6.07, 6.45) is 2.46. The van der Waals surface area contributed by atoms with E-state index >= 15 is 0 Å². The van der Waals surface area contributed by atoms with E-state index in [9.17, 15) is 0 Å². The summed E-state index contributed by atoms with van der Waals surface area (Å²) in [7, 11) is 0. The summed E-state index contributed by atoms with van der Waals surface area (Å²) >= 11 is 5.84. The van der Waals surface area contributed by atoms with E-state index in [-0.39, 0.29) is 0 Å². The molecule has 2 nitrogen and oxygen atoms in total. The highest BCUT2D eigenvalue weighted by Gasteiger charge is 2.14. The molecule has 0 aliphatic carbocycles. The number of hydrogen-bond donors (Lipinski definition) is 1. The van der Waals surface area contributed by atoms with Gasteiger partial charge in [-0.1, -0.05) is 17.7 Å². The van der Waals surface area contributed by atoms with Gasteiger partial charge in [-0.05, 0) is 37.6 Å². The topological polar surface area (TPSA) is 21.3 Å². The Morgan fingerprint density at radius 1 is 1.50 bits per heavy atom. The van der Waals surface area contributed by atoms with Gasteiger partial charge in [0.05, 0.1) is 0 Å². The molecule has 0 radical (unpaired) electrons. The Bertz CT molecular complexity index is 297. The molecule has 1 unspecified atom stereocenters. The van der Waals surface area contributed by atoms with Crippen molar-refractivity contribution in [2.75, 3.05) is 13.2 Å². The minimum atomic E-state index is 0.508. The monoisotopic (exact) mass is 211 g/mol. The van der Waals surface area contributed by atoms with Gasteiger partial charge < -0.3 is 10.1 Å². The lowest BCUT2D eigenvalue weighted by Crippen LogP contribution is -2.28. The molecule has 3 heteroatoms. The van der Waals surface area contributed by atoms with Crippen molar-refractivity contribution in [3.8, 4) is 5.75 Å². The van der Waals surface area contributed by atoms with Crippen molar-refractivity contribution in [2.24, 2.45) is 0 Å². The largest absolute Gasteiger partial charge is 0.492 e. The van der Waals surface area contributed by atoms with Crippen molar-refractivity contribution < 1.29 is 4.74 Å². The molecule has 1 fully saturated rings. The lowest BCUT2D eigenvalue weighted by Gasteiger charge is -2.11. The fourth-order valence-corrected chi connectivity index (χ4v) is 1.83. The molecule has 0 spiro atoms. The van der Waals surface area contributed by atoms with Crippen molar-refractivity contribution in [1.82, 2.24) is 5.32 Å². The second kappa shape index (κ2) is 4.67. The second-order valence-corrected chi connectivity index (χ2v) is 4.00. The summed E-state index contributed by atoms with van der Waals surface area (Å²) in [5.74, 6) is 0.853.